The van der Waals surface area contributed by atoms with Gasteiger partial charge in [-0.25, -0.2) is 0 Å². The normalized spacial score (nSPS) is 31.0. The third kappa shape index (κ3) is 2.73. The minimum Gasteiger partial charge on any atom is -0.462 e. The van der Waals surface area contributed by atoms with Crippen LogP contribution in [0, 0.1) is 5.92 Å². The van der Waals surface area contributed by atoms with Gasteiger partial charge >= 0.3 is 5.97 Å². The van der Waals surface area contributed by atoms with E-state index in [1.54, 1.807) is 0 Å². The van der Waals surface area contributed by atoms with E-state index in [9.17, 15) is 4.79 Å². The van der Waals surface area contributed by atoms with Crippen molar-refractivity contribution in [3.8, 4) is 0 Å². The third-order valence-corrected chi connectivity index (χ3v) is 4.79. The molecule has 2 fully saturated rings. The van der Waals surface area contributed by atoms with Crippen LogP contribution in [0.2, 0.25) is 0 Å². The van der Waals surface area contributed by atoms with Crippen LogP contribution in [0.15, 0.2) is 30.3 Å². The first-order chi connectivity index (χ1) is 9.63. The molecule has 2 unspecified atom stereocenters. The fourth-order valence-corrected chi connectivity index (χ4v) is 3.94. The van der Waals surface area contributed by atoms with Gasteiger partial charge in [0.05, 0.1) is 0 Å². The van der Waals surface area contributed by atoms with Crippen LogP contribution in [-0.4, -0.2) is 29.6 Å². The summed E-state index contributed by atoms with van der Waals surface area (Å²) in [5, 5.41) is 0. The van der Waals surface area contributed by atoms with E-state index >= 15 is 0 Å². The molecule has 4 atom stereocenters. The van der Waals surface area contributed by atoms with Crippen molar-refractivity contribution in [2.45, 2.75) is 51.3 Å². The molecule has 1 heterocycles. The number of esters is 1. The minimum absolute atomic E-state index is 0.129. The fraction of sp³-hybridized carbons (Fsp3) is 0.588. The second-order valence-electron chi connectivity index (χ2n) is 6.24. The van der Waals surface area contributed by atoms with E-state index in [4.69, 9.17) is 4.74 Å². The third-order valence-electron chi connectivity index (χ3n) is 4.79. The highest BCUT2D eigenvalue weighted by Gasteiger charge is 2.42. The summed E-state index contributed by atoms with van der Waals surface area (Å²) < 4.78 is 5.44. The highest BCUT2D eigenvalue weighted by molar-refractivity contribution is 5.66. The molecule has 0 radical (unpaired) electrons. The van der Waals surface area contributed by atoms with Crippen molar-refractivity contribution in [2.75, 3.05) is 6.54 Å². The summed E-state index contributed by atoms with van der Waals surface area (Å²) in [7, 11) is 0. The van der Waals surface area contributed by atoms with Gasteiger partial charge in [-0.05, 0) is 37.7 Å². The van der Waals surface area contributed by atoms with Gasteiger partial charge in [0.25, 0.3) is 0 Å². The van der Waals surface area contributed by atoms with Crippen LogP contribution < -0.4 is 0 Å². The summed E-state index contributed by atoms with van der Waals surface area (Å²) in [6.45, 7) is 4.94. The van der Waals surface area contributed by atoms with E-state index < -0.39 is 0 Å². The molecule has 108 valence electrons. The van der Waals surface area contributed by atoms with Crippen molar-refractivity contribution >= 4 is 5.97 Å². The number of hydrogen-bond acceptors (Lipinski definition) is 3. The van der Waals surface area contributed by atoms with Gasteiger partial charge in [-0.3, -0.25) is 9.69 Å². The number of nitrogens with zero attached hydrogens (tertiary/aromatic N) is 1. The van der Waals surface area contributed by atoms with Crippen LogP contribution in [0.1, 0.15) is 44.7 Å². The maximum absolute atomic E-state index is 11.1. The van der Waals surface area contributed by atoms with Crippen LogP contribution in [0.25, 0.3) is 0 Å². The fourth-order valence-electron chi connectivity index (χ4n) is 3.94. The summed E-state index contributed by atoms with van der Waals surface area (Å²) in [6, 6.07) is 11.7. The van der Waals surface area contributed by atoms with Crippen molar-refractivity contribution in [1.82, 2.24) is 4.90 Å². The van der Waals surface area contributed by atoms with Gasteiger partial charge in [0.2, 0.25) is 0 Å². The van der Waals surface area contributed by atoms with Gasteiger partial charge in [-0.2, -0.15) is 0 Å². The number of benzene rings is 1. The molecule has 1 saturated heterocycles. The number of rotatable bonds is 3. The summed E-state index contributed by atoms with van der Waals surface area (Å²) in [5.74, 6) is 0.545. The molecule has 1 aromatic carbocycles. The monoisotopic (exact) mass is 273 g/mol. The first-order valence-electron chi connectivity index (χ1n) is 7.61. The van der Waals surface area contributed by atoms with Gasteiger partial charge in [0.15, 0.2) is 0 Å². The summed E-state index contributed by atoms with van der Waals surface area (Å²) in [4.78, 5) is 13.7. The van der Waals surface area contributed by atoms with Gasteiger partial charge in [-0.15, -0.1) is 0 Å². The predicted octanol–water partition coefficient (Wildman–Crippen LogP) is 3.16. The summed E-state index contributed by atoms with van der Waals surface area (Å²) in [6.07, 6.45) is 3.42. The van der Waals surface area contributed by atoms with E-state index in [0.29, 0.717) is 18.0 Å². The average molecular weight is 273 g/mol. The van der Waals surface area contributed by atoms with Gasteiger partial charge < -0.3 is 4.74 Å². The largest absolute Gasteiger partial charge is 0.462 e. The Hall–Kier alpha value is -1.35. The Balaban J connectivity index is 1.69. The van der Waals surface area contributed by atoms with E-state index in [-0.39, 0.29) is 12.1 Å². The number of carbonyl (C=O) groups excluding carboxylic acids is 1. The zero-order chi connectivity index (χ0) is 14.1. The minimum atomic E-state index is -0.140. The molecule has 1 aliphatic carbocycles. The molecular weight excluding hydrogens is 250 g/mol. The average Bonchev–Trinajstić information content (AvgIpc) is 2.73. The Labute approximate surface area is 120 Å². The van der Waals surface area contributed by atoms with E-state index in [0.717, 1.165) is 19.4 Å². The van der Waals surface area contributed by atoms with Crippen molar-refractivity contribution in [1.29, 1.82) is 0 Å². The van der Waals surface area contributed by atoms with Crippen LogP contribution in [-0.2, 0) is 9.53 Å². The van der Waals surface area contributed by atoms with Gasteiger partial charge in [0.1, 0.15) is 6.10 Å². The molecule has 20 heavy (non-hydrogen) atoms. The quantitative estimate of drug-likeness (QED) is 0.792. The maximum atomic E-state index is 11.1. The molecule has 0 N–H and O–H groups in total. The predicted molar refractivity (Wildman–Crippen MR) is 78.2 cm³/mol. The number of fused-ring (bicyclic) bond motifs is 2. The molecule has 1 aromatic rings. The van der Waals surface area contributed by atoms with Crippen LogP contribution in [0.4, 0.5) is 0 Å². The number of ether oxygens (including phenoxy) is 1. The maximum Gasteiger partial charge on any atom is 0.302 e. The SMILES string of the molecule is CC(=O)O[C@H]1CC2CC(C1)N([C@H](C)c1ccccc1)C2. The van der Waals surface area contributed by atoms with Crippen molar-refractivity contribution in [2.24, 2.45) is 5.92 Å². The zero-order valence-corrected chi connectivity index (χ0v) is 12.3. The van der Waals surface area contributed by atoms with Crippen LogP contribution in [0.3, 0.4) is 0 Å². The molecule has 3 heteroatoms. The second-order valence-corrected chi connectivity index (χ2v) is 6.24. The Morgan fingerprint density at radius 2 is 2.00 bits per heavy atom. The lowest BCUT2D eigenvalue weighted by atomic mass is 9.88. The lowest BCUT2D eigenvalue weighted by Gasteiger charge is -2.32. The highest BCUT2D eigenvalue weighted by Crippen LogP contribution is 2.41. The zero-order valence-electron chi connectivity index (χ0n) is 12.3. The summed E-state index contributed by atoms with van der Waals surface area (Å²) in [5.41, 5.74) is 1.38. The Morgan fingerprint density at radius 1 is 1.25 bits per heavy atom. The first-order valence-corrected chi connectivity index (χ1v) is 7.61. The Bertz CT molecular complexity index is 473. The van der Waals surface area contributed by atoms with Crippen molar-refractivity contribution in [3.63, 3.8) is 0 Å². The lowest BCUT2D eigenvalue weighted by molar-refractivity contribution is -0.148. The molecule has 3 nitrogen and oxygen atoms in total. The number of hydrogen-bond donors (Lipinski definition) is 0. The van der Waals surface area contributed by atoms with Crippen LogP contribution >= 0.6 is 0 Å². The van der Waals surface area contributed by atoms with Crippen LogP contribution in [0.5, 0.6) is 0 Å². The molecule has 2 bridgehead atoms. The Morgan fingerprint density at radius 3 is 2.70 bits per heavy atom. The van der Waals surface area contributed by atoms with Gasteiger partial charge in [-0.1, -0.05) is 30.3 Å². The lowest BCUT2D eigenvalue weighted by Crippen LogP contribution is -2.35. The second kappa shape index (κ2) is 5.57. The van der Waals surface area contributed by atoms with E-state index in [2.05, 4.69) is 42.2 Å². The smallest absolute Gasteiger partial charge is 0.302 e. The molecule has 1 saturated carbocycles. The molecule has 1 aliphatic heterocycles. The highest BCUT2D eigenvalue weighted by atomic mass is 16.5. The number of carbonyl (C=O) groups is 1. The summed E-state index contributed by atoms with van der Waals surface area (Å²) >= 11 is 0. The topological polar surface area (TPSA) is 29.5 Å². The van der Waals surface area contributed by atoms with Gasteiger partial charge in [0, 0.05) is 25.6 Å². The van der Waals surface area contributed by atoms with Crippen molar-refractivity contribution < 1.29 is 9.53 Å². The number of likely N-dealkylation sites (tertiary alicyclic amines) is 1. The molecule has 0 spiro atoms. The molecular formula is C17H23NO2. The molecule has 0 amide bonds. The van der Waals surface area contributed by atoms with E-state index in [1.807, 2.05) is 0 Å². The molecule has 3 rings (SSSR count). The van der Waals surface area contributed by atoms with E-state index in [1.165, 1.54) is 18.9 Å². The first kappa shape index (κ1) is 13.6. The standard InChI is InChI=1S/C17H23NO2/c1-12(15-6-4-3-5-7-15)18-11-14-8-16(18)10-17(9-14)20-13(2)19/h3-7,12,14,16-17H,8-11H2,1-2H3/t12-,14?,16?,17+/m1/s1. The molecule has 2 aliphatic rings. The molecule has 0 aromatic heterocycles. The Kier molecular flexibility index (Phi) is 3.79. The van der Waals surface area contributed by atoms with Crippen molar-refractivity contribution in [3.05, 3.63) is 35.9 Å².